The molecule has 0 aliphatic carbocycles. The fourth-order valence-corrected chi connectivity index (χ4v) is 1.84. The van der Waals surface area contributed by atoms with Crippen LogP contribution in [-0.4, -0.2) is 30.5 Å². The van der Waals surface area contributed by atoms with Crippen molar-refractivity contribution in [2.75, 3.05) is 19.6 Å². The molecule has 1 aromatic rings. The van der Waals surface area contributed by atoms with Crippen molar-refractivity contribution in [2.24, 2.45) is 0 Å². The van der Waals surface area contributed by atoms with Crippen LogP contribution in [0, 0.1) is 10.1 Å². The number of hydrogen-bond acceptors (Lipinski definition) is 4. The van der Waals surface area contributed by atoms with Crippen LogP contribution in [0.2, 0.25) is 0 Å². The molecule has 0 saturated heterocycles. The maximum atomic E-state index is 11.9. The van der Waals surface area contributed by atoms with Crippen molar-refractivity contribution in [2.45, 2.75) is 26.7 Å². The highest BCUT2D eigenvalue weighted by molar-refractivity contribution is 5.95. The second kappa shape index (κ2) is 10.1. The van der Waals surface area contributed by atoms with Gasteiger partial charge in [0.1, 0.15) is 0 Å². The van der Waals surface area contributed by atoms with E-state index in [1.165, 1.54) is 6.07 Å². The van der Waals surface area contributed by atoms with Crippen molar-refractivity contribution < 1.29 is 9.72 Å². The van der Waals surface area contributed by atoms with E-state index in [-0.39, 0.29) is 24.0 Å². The summed E-state index contributed by atoms with van der Waals surface area (Å²) in [5.74, 6) is -0.283. The summed E-state index contributed by atoms with van der Waals surface area (Å²) < 4.78 is 0. The highest BCUT2D eigenvalue weighted by Gasteiger charge is 2.15. The van der Waals surface area contributed by atoms with Crippen LogP contribution in [0.4, 0.5) is 5.69 Å². The van der Waals surface area contributed by atoms with Crippen LogP contribution in [0.3, 0.4) is 0 Å². The van der Waals surface area contributed by atoms with Crippen LogP contribution in [0.5, 0.6) is 0 Å². The summed E-state index contributed by atoms with van der Waals surface area (Å²) in [5.41, 5.74) is 0.963. The first-order valence-corrected chi connectivity index (χ1v) is 6.86. The van der Waals surface area contributed by atoms with Gasteiger partial charge in [0.15, 0.2) is 0 Å². The summed E-state index contributed by atoms with van der Waals surface area (Å²) >= 11 is 0. The maximum Gasteiger partial charge on any atom is 0.273 e. The van der Waals surface area contributed by atoms with E-state index in [4.69, 9.17) is 0 Å². The first-order chi connectivity index (χ1) is 9.60. The van der Waals surface area contributed by atoms with E-state index in [2.05, 4.69) is 17.6 Å². The smallest absolute Gasteiger partial charge is 0.273 e. The van der Waals surface area contributed by atoms with E-state index in [0.29, 0.717) is 30.6 Å². The van der Waals surface area contributed by atoms with Gasteiger partial charge in [-0.2, -0.15) is 0 Å². The van der Waals surface area contributed by atoms with Gasteiger partial charge in [-0.1, -0.05) is 19.9 Å². The molecule has 0 bridgehead atoms. The molecule has 118 valence electrons. The molecule has 6 nitrogen and oxygen atoms in total. The van der Waals surface area contributed by atoms with Crippen molar-refractivity contribution in [1.82, 2.24) is 10.6 Å². The molecule has 0 unspecified atom stereocenters. The molecule has 0 spiro atoms. The molecular weight excluding hydrogens is 294 g/mol. The summed E-state index contributed by atoms with van der Waals surface area (Å²) in [5, 5.41) is 16.9. The van der Waals surface area contributed by atoms with Gasteiger partial charge in [0.25, 0.3) is 11.6 Å². The van der Waals surface area contributed by atoms with Crippen LogP contribution >= 0.6 is 12.4 Å². The third kappa shape index (κ3) is 6.10. The molecule has 0 fully saturated rings. The summed E-state index contributed by atoms with van der Waals surface area (Å²) in [6, 6.07) is 4.61. The SMILES string of the molecule is CCCNCCNC(=O)c1ccc(CC)c([N+](=O)[O-])c1.Cl. The zero-order valence-electron chi connectivity index (χ0n) is 12.3. The fourth-order valence-electron chi connectivity index (χ4n) is 1.84. The van der Waals surface area contributed by atoms with Crippen molar-refractivity contribution in [3.8, 4) is 0 Å². The van der Waals surface area contributed by atoms with Crippen LogP contribution in [0.1, 0.15) is 36.2 Å². The van der Waals surface area contributed by atoms with Crippen LogP contribution in [0.15, 0.2) is 18.2 Å². The number of rotatable bonds is 8. The van der Waals surface area contributed by atoms with E-state index in [1.54, 1.807) is 12.1 Å². The molecular formula is C14H22ClN3O3. The maximum absolute atomic E-state index is 11.9. The molecule has 0 aromatic heterocycles. The topological polar surface area (TPSA) is 84.3 Å². The Balaban J connectivity index is 0.00000400. The number of halogens is 1. The average molecular weight is 316 g/mol. The number of carbonyl (C=O) groups is 1. The molecule has 0 saturated carbocycles. The lowest BCUT2D eigenvalue weighted by atomic mass is 10.1. The molecule has 1 aromatic carbocycles. The normalized spacial score (nSPS) is 9.81. The molecule has 1 rings (SSSR count). The third-order valence-electron chi connectivity index (χ3n) is 2.94. The Morgan fingerprint density at radius 1 is 1.24 bits per heavy atom. The summed E-state index contributed by atoms with van der Waals surface area (Å²) in [4.78, 5) is 22.4. The minimum absolute atomic E-state index is 0. The quantitative estimate of drug-likeness (QED) is 0.438. The van der Waals surface area contributed by atoms with E-state index >= 15 is 0 Å². The Kier molecular flexibility index (Phi) is 9.32. The monoisotopic (exact) mass is 315 g/mol. The molecule has 0 aliphatic heterocycles. The molecule has 7 heteroatoms. The van der Waals surface area contributed by atoms with Crippen LogP contribution in [-0.2, 0) is 6.42 Å². The van der Waals surface area contributed by atoms with Gasteiger partial charge < -0.3 is 10.6 Å². The van der Waals surface area contributed by atoms with Crippen molar-refractivity contribution in [3.63, 3.8) is 0 Å². The number of nitro groups is 1. The summed E-state index contributed by atoms with van der Waals surface area (Å²) in [6.45, 7) is 6.02. The minimum atomic E-state index is -0.446. The Hall–Kier alpha value is -1.66. The minimum Gasteiger partial charge on any atom is -0.351 e. The molecule has 0 atom stereocenters. The van der Waals surface area contributed by atoms with Crippen LogP contribution in [0.25, 0.3) is 0 Å². The van der Waals surface area contributed by atoms with Crippen molar-refractivity contribution >= 4 is 24.0 Å². The van der Waals surface area contributed by atoms with E-state index in [1.807, 2.05) is 6.92 Å². The van der Waals surface area contributed by atoms with Gasteiger partial charge in [-0.15, -0.1) is 12.4 Å². The van der Waals surface area contributed by atoms with Crippen molar-refractivity contribution in [3.05, 3.63) is 39.4 Å². The Morgan fingerprint density at radius 3 is 2.52 bits per heavy atom. The number of hydrogen-bond donors (Lipinski definition) is 2. The van der Waals surface area contributed by atoms with Gasteiger partial charge in [-0.3, -0.25) is 14.9 Å². The lowest BCUT2D eigenvalue weighted by molar-refractivity contribution is -0.385. The Labute approximate surface area is 130 Å². The predicted octanol–water partition coefficient (Wildman–Crippen LogP) is 2.31. The number of benzene rings is 1. The number of nitrogens with one attached hydrogen (secondary N) is 2. The van der Waals surface area contributed by atoms with E-state index in [9.17, 15) is 14.9 Å². The Bertz CT molecular complexity index is 481. The summed E-state index contributed by atoms with van der Waals surface area (Å²) in [7, 11) is 0. The second-order valence-electron chi connectivity index (χ2n) is 4.46. The highest BCUT2D eigenvalue weighted by atomic mass is 35.5. The van der Waals surface area contributed by atoms with Gasteiger partial charge in [0, 0.05) is 30.3 Å². The first-order valence-electron chi connectivity index (χ1n) is 6.86. The highest BCUT2D eigenvalue weighted by Crippen LogP contribution is 2.20. The van der Waals surface area contributed by atoms with Crippen LogP contribution < -0.4 is 10.6 Å². The van der Waals surface area contributed by atoms with Gasteiger partial charge in [-0.25, -0.2) is 0 Å². The lowest BCUT2D eigenvalue weighted by Crippen LogP contribution is -2.32. The van der Waals surface area contributed by atoms with E-state index < -0.39 is 4.92 Å². The number of nitrogens with zero attached hydrogens (tertiary/aromatic N) is 1. The van der Waals surface area contributed by atoms with Crippen molar-refractivity contribution in [1.29, 1.82) is 0 Å². The lowest BCUT2D eigenvalue weighted by Gasteiger charge is -2.07. The molecule has 21 heavy (non-hydrogen) atoms. The number of carbonyl (C=O) groups excluding carboxylic acids is 1. The van der Waals surface area contributed by atoms with E-state index in [0.717, 1.165) is 13.0 Å². The van der Waals surface area contributed by atoms with Gasteiger partial charge >= 0.3 is 0 Å². The van der Waals surface area contributed by atoms with Gasteiger partial charge in [0.05, 0.1) is 4.92 Å². The largest absolute Gasteiger partial charge is 0.351 e. The molecule has 1 amide bonds. The standard InChI is InChI=1S/C14H21N3O3.ClH/c1-3-7-15-8-9-16-14(18)12-6-5-11(4-2)13(10-12)17(19)20;/h5-6,10,15H,3-4,7-9H2,1-2H3,(H,16,18);1H. The fraction of sp³-hybridized carbons (Fsp3) is 0.500. The zero-order valence-corrected chi connectivity index (χ0v) is 13.2. The first kappa shape index (κ1) is 19.3. The molecule has 0 heterocycles. The average Bonchev–Trinajstić information content (AvgIpc) is 2.46. The Morgan fingerprint density at radius 2 is 1.95 bits per heavy atom. The number of aryl methyl sites for hydroxylation is 1. The second-order valence-corrected chi connectivity index (χ2v) is 4.46. The summed E-state index contributed by atoms with van der Waals surface area (Å²) in [6.07, 6.45) is 1.61. The number of amides is 1. The van der Waals surface area contributed by atoms with Gasteiger partial charge in [-0.05, 0) is 25.5 Å². The molecule has 2 N–H and O–H groups in total. The molecule has 0 radical (unpaired) electrons. The zero-order chi connectivity index (χ0) is 15.0. The van der Waals surface area contributed by atoms with Gasteiger partial charge in [0.2, 0.25) is 0 Å². The number of nitro benzene ring substituents is 1. The predicted molar refractivity (Wildman–Crippen MR) is 85.2 cm³/mol. The molecule has 0 aliphatic rings. The third-order valence-corrected chi connectivity index (χ3v) is 2.94.